The highest BCUT2D eigenvalue weighted by atomic mass is 35.5. The molecule has 156 valence electrons. The molecule has 2 aromatic carbocycles. The molecule has 0 aliphatic carbocycles. The summed E-state index contributed by atoms with van der Waals surface area (Å²) < 4.78 is 27.0. The minimum absolute atomic E-state index is 0.105. The van der Waals surface area contributed by atoms with Crippen LogP contribution in [0.1, 0.15) is 48.5 Å². The van der Waals surface area contributed by atoms with E-state index in [9.17, 15) is 13.2 Å². The van der Waals surface area contributed by atoms with Gasteiger partial charge in [-0.2, -0.15) is 4.31 Å². The fraction of sp³-hybridized carbons (Fsp3) is 0.409. The molecule has 0 saturated carbocycles. The first kappa shape index (κ1) is 21.8. The van der Waals surface area contributed by atoms with Crippen molar-refractivity contribution in [2.45, 2.75) is 37.5 Å². The number of amides is 1. The standard InChI is InChI=1S/C22H27ClN2O3S/c1-3-25(4-2)29(27,28)19-10-11-21(23)20(16-19)22(26)24-14-12-18(13-15-24)17-8-6-5-7-9-17/h5-11,16,18H,3-4,12-15H2,1-2H3. The average molecular weight is 435 g/mol. The Morgan fingerprint density at radius 1 is 1.07 bits per heavy atom. The molecule has 1 aliphatic heterocycles. The predicted molar refractivity (Wildman–Crippen MR) is 116 cm³/mol. The van der Waals surface area contributed by atoms with Crippen LogP contribution < -0.4 is 0 Å². The molecule has 2 aromatic rings. The normalized spacial score (nSPS) is 15.7. The maximum absolute atomic E-state index is 13.1. The van der Waals surface area contributed by atoms with Gasteiger partial charge in [0, 0.05) is 26.2 Å². The van der Waals surface area contributed by atoms with E-state index in [4.69, 9.17) is 11.6 Å². The van der Waals surface area contributed by atoms with Crippen molar-refractivity contribution in [1.82, 2.24) is 9.21 Å². The van der Waals surface area contributed by atoms with Gasteiger partial charge < -0.3 is 4.90 Å². The van der Waals surface area contributed by atoms with Crippen LogP contribution in [0.15, 0.2) is 53.4 Å². The summed E-state index contributed by atoms with van der Waals surface area (Å²) in [5.41, 5.74) is 1.54. The highest BCUT2D eigenvalue weighted by Crippen LogP contribution is 2.30. The van der Waals surface area contributed by atoms with Gasteiger partial charge in [0.05, 0.1) is 15.5 Å². The van der Waals surface area contributed by atoms with E-state index in [1.165, 1.54) is 28.1 Å². The largest absolute Gasteiger partial charge is 0.339 e. The van der Waals surface area contributed by atoms with Crippen LogP contribution >= 0.6 is 11.6 Å². The van der Waals surface area contributed by atoms with E-state index >= 15 is 0 Å². The van der Waals surface area contributed by atoms with Crippen molar-refractivity contribution in [2.75, 3.05) is 26.2 Å². The summed E-state index contributed by atoms with van der Waals surface area (Å²) in [6.45, 7) is 5.58. The van der Waals surface area contributed by atoms with Crippen LogP contribution in [0, 0.1) is 0 Å². The zero-order valence-electron chi connectivity index (χ0n) is 16.8. The Kier molecular flexibility index (Phi) is 6.98. The molecule has 1 saturated heterocycles. The number of carbonyl (C=O) groups is 1. The number of carbonyl (C=O) groups excluding carboxylic acids is 1. The molecule has 3 rings (SSSR count). The van der Waals surface area contributed by atoms with Gasteiger partial charge in [-0.3, -0.25) is 4.79 Å². The lowest BCUT2D eigenvalue weighted by Crippen LogP contribution is -2.38. The molecule has 7 heteroatoms. The van der Waals surface area contributed by atoms with Gasteiger partial charge in [-0.05, 0) is 42.5 Å². The maximum Gasteiger partial charge on any atom is 0.255 e. The number of likely N-dealkylation sites (tertiary alicyclic amines) is 1. The van der Waals surface area contributed by atoms with Crippen LogP contribution in [0.2, 0.25) is 5.02 Å². The number of rotatable bonds is 6. The molecule has 1 heterocycles. The van der Waals surface area contributed by atoms with E-state index in [-0.39, 0.29) is 21.4 Å². The number of nitrogens with zero attached hydrogens (tertiary/aromatic N) is 2. The zero-order chi connectivity index (χ0) is 21.0. The fourth-order valence-corrected chi connectivity index (χ4v) is 5.54. The molecule has 29 heavy (non-hydrogen) atoms. The monoisotopic (exact) mass is 434 g/mol. The number of hydrogen-bond acceptors (Lipinski definition) is 3. The molecule has 0 bridgehead atoms. The van der Waals surface area contributed by atoms with Crippen molar-refractivity contribution in [3.8, 4) is 0 Å². The second kappa shape index (κ2) is 9.28. The SMILES string of the molecule is CCN(CC)S(=O)(=O)c1ccc(Cl)c(C(=O)N2CCC(c3ccccc3)CC2)c1. The van der Waals surface area contributed by atoms with Gasteiger partial charge in [-0.15, -0.1) is 0 Å². The lowest BCUT2D eigenvalue weighted by Gasteiger charge is -2.32. The maximum atomic E-state index is 13.1. The van der Waals surface area contributed by atoms with Gasteiger partial charge in [0.2, 0.25) is 10.0 Å². The minimum atomic E-state index is -3.65. The Hall–Kier alpha value is -1.89. The smallest absolute Gasteiger partial charge is 0.255 e. The highest BCUT2D eigenvalue weighted by Gasteiger charge is 2.28. The van der Waals surface area contributed by atoms with Crippen molar-refractivity contribution in [3.63, 3.8) is 0 Å². The van der Waals surface area contributed by atoms with Crippen molar-refractivity contribution < 1.29 is 13.2 Å². The van der Waals surface area contributed by atoms with E-state index < -0.39 is 10.0 Å². The Bertz CT molecular complexity index is 951. The third-order valence-electron chi connectivity index (χ3n) is 5.56. The van der Waals surface area contributed by atoms with Crippen molar-refractivity contribution in [2.24, 2.45) is 0 Å². The van der Waals surface area contributed by atoms with Crippen LogP contribution in [0.5, 0.6) is 0 Å². The molecular formula is C22H27ClN2O3S. The lowest BCUT2D eigenvalue weighted by atomic mass is 9.89. The van der Waals surface area contributed by atoms with E-state index in [2.05, 4.69) is 12.1 Å². The first-order valence-corrected chi connectivity index (χ1v) is 11.8. The van der Waals surface area contributed by atoms with Crippen LogP contribution in [0.4, 0.5) is 0 Å². The van der Waals surface area contributed by atoms with Crippen LogP contribution in [-0.2, 0) is 10.0 Å². The Balaban J connectivity index is 1.78. The minimum Gasteiger partial charge on any atom is -0.339 e. The summed E-state index contributed by atoms with van der Waals surface area (Å²) in [6.07, 6.45) is 1.76. The highest BCUT2D eigenvalue weighted by molar-refractivity contribution is 7.89. The number of sulfonamides is 1. The second-order valence-corrected chi connectivity index (χ2v) is 9.55. The van der Waals surface area contributed by atoms with Crippen LogP contribution in [0.25, 0.3) is 0 Å². The topological polar surface area (TPSA) is 57.7 Å². The summed E-state index contributed by atoms with van der Waals surface area (Å²) in [5.74, 6) is 0.225. The quantitative estimate of drug-likeness (QED) is 0.677. The molecule has 0 aromatic heterocycles. The Labute approximate surface area is 178 Å². The molecule has 0 spiro atoms. The van der Waals surface area contributed by atoms with Gasteiger partial charge in [-0.25, -0.2) is 8.42 Å². The number of hydrogen-bond donors (Lipinski definition) is 0. The number of halogens is 1. The van der Waals surface area contributed by atoms with Crippen molar-refractivity contribution in [1.29, 1.82) is 0 Å². The molecule has 0 N–H and O–H groups in total. The van der Waals surface area contributed by atoms with E-state index in [1.54, 1.807) is 18.7 Å². The molecular weight excluding hydrogens is 408 g/mol. The van der Waals surface area contributed by atoms with Crippen LogP contribution in [-0.4, -0.2) is 49.7 Å². The zero-order valence-corrected chi connectivity index (χ0v) is 18.4. The van der Waals surface area contributed by atoms with Gasteiger partial charge >= 0.3 is 0 Å². The molecule has 0 atom stereocenters. The first-order valence-electron chi connectivity index (χ1n) is 10.0. The third-order valence-corrected chi connectivity index (χ3v) is 7.94. The summed E-state index contributed by atoms with van der Waals surface area (Å²) in [4.78, 5) is 15.0. The molecule has 1 aliphatic rings. The Morgan fingerprint density at radius 2 is 1.69 bits per heavy atom. The predicted octanol–water partition coefficient (Wildman–Crippen LogP) is 4.39. The fourth-order valence-electron chi connectivity index (χ4n) is 3.85. The summed E-state index contributed by atoms with van der Waals surface area (Å²) in [5, 5.41) is 0.277. The molecule has 0 radical (unpaired) electrons. The Morgan fingerprint density at radius 3 is 2.28 bits per heavy atom. The van der Waals surface area contributed by atoms with Crippen molar-refractivity contribution >= 4 is 27.5 Å². The molecule has 5 nitrogen and oxygen atoms in total. The van der Waals surface area contributed by atoms with Gasteiger partial charge in [0.25, 0.3) is 5.91 Å². The molecule has 1 fully saturated rings. The van der Waals surface area contributed by atoms with E-state index in [0.29, 0.717) is 32.1 Å². The van der Waals surface area contributed by atoms with E-state index in [1.807, 2.05) is 18.2 Å². The van der Waals surface area contributed by atoms with Gasteiger partial charge in [0.15, 0.2) is 0 Å². The first-order chi connectivity index (χ1) is 13.9. The second-order valence-electron chi connectivity index (χ2n) is 7.21. The van der Waals surface area contributed by atoms with Gasteiger partial charge in [-0.1, -0.05) is 55.8 Å². The molecule has 1 amide bonds. The lowest BCUT2D eigenvalue weighted by molar-refractivity contribution is 0.0713. The number of benzene rings is 2. The summed E-state index contributed by atoms with van der Waals surface area (Å²) in [7, 11) is -3.65. The summed E-state index contributed by atoms with van der Waals surface area (Å²) in [6, 6.07) is 14.7. The summed E-state index contributed by atoms with van der Waals surface area (Å²) >= 11 is 6.28. The average Bonchev–Trinajstić information content (AvgIpc) is 2.75. The van der Waals surface area contributed by atoms with Crippen LogP contribution in [0.3, 0.4) is 0 Å². The molecule has 0 unspecified atom stereocenters. The number of piperidine rings is 1. The van der Waals surface area contributed by atoms with Crippen molar-refractivity contribution in [3.05, 3.63) is 64.7 Å². The van der Waals surface area contributed by atoms with Gasteiger partial charge in [0.1, 0.15) is 0 Å². The van der Waals surface area contributed by atoms with E-state index in [0.717, 1.165) is 12.8 Å². The third kappa shape index (κ3) is 4.65.